The van der Waals surface area contributed by atoms with Gasteiger partial charge in [0.15, 0.2) is 0 Å². The van der Waals surface area contributed by atoms with Crippen LogP contribution in [-0.2, 0) is 6.54 Å². The first kappa shape index (κ1) is 9.23. The van der Waals surface area contributed by atoms with E-state index in [1.165, 1.54) is 5.56 Å². The van der Waals surface area contributed by atoms with Crippen LogP contribution in [0, 0.1) is 0 Å². The second-order valence-corrected chi connectivity index (χ2v) is 2.88. The van der Waals surface area contributed by atoms with Crippen molar-refractivity contribution in [1.29, 1.82) is 0 Å². The lowest BCUT2D eigenvalue weighted by Crippen LogP contribution is -2.35. The van der Waals surface area contributed by atoms with Crippen molar-refractivity contribution in [1.82, 2.24) is 5.32 Å². The van der Waals surface area contributed by atoms with Crippen LogP contribution in [-0.4, -0.2) is 6.17 Å². The Kier molecular flexibility index (Phi) is 3.77. The van der Waals surface area contributed by atoms with Crippen molar-refractivity contribution in [2.75, 3.05) is 0 Å². The maximum Gasteiger partial charge on any atom is 0.0546 e. The van der Waals surface area contributed by atoms with Gasteiger partial charge in [-0.15, -0.1) is 0 Å². The highest BCUT2D eigenvalue weighted by Gasteiger charge is 1.96. The molecule has 1 unspecified atom stereocenters. The molecule has 12 heavy (non-hydrogen) atoms. The Morgan fingerprint density at radius 2 is 2.00 bits per heavy atom. The minimum absolute atomic E-state index is 0.116. The predicted octanol–water partition coefficient (Wildman–Crippen LogP) is 1.47. The van der Waals surface area contributed by atoms with E-state index in [0.29, 0.717) is 0 Å². The van der Waals surface area contributed by atoms with Crippen molar-refractivity contribution in [3.05, 3.63) is 35.9 Å². The highest BCUT2D eigenvalue weighted by atomic mass is 15.0. The van der Waals surface area contributed by atoms with E-state index in [9.17, 15) is 0 Å². The summed E-state index contributed by atoms with van der Waals surface area (Å²) in [7, 11) is 0. The lowest BCUT2D eigenvalue weighted by molar-refractivity contribution is 0.513. The van der Waals surface area contributed by atoms with E-state index >= 15 is 0 Å². The van der Waals surface area contributed by atoms with Crippen molar-refractivity contribution in [3.8, 4) is 0 Å². The van der Waals surface area contributed by atoms with E-state index in [1.807, 2.05) is 18.2 Å². The molecular formula is C10H16N2. The minimum Gasteiger partial charge on any atom is -0.316 e. The van der Waals surface area contributed by atoms with E-state index in [0.717, 1.165) is 13.0 Å². The molecule has 3 N–H and O–H groups in total. The van der Waals surface area contributed by atoms with E-state index in [4.69, 9.17) is 5.73 Å². The molecule has 1 aromatic rings. The molecule has 0 saturated heterocycles. The Hall–Kier alpha value is -0.860. The zero-order chi connectivity index (χ0) is 8.81. The zero-order valence-electron chi connectivity index (χ0n) is 7.46. The number of rotatable bonds is 4. The van der Waals surface area contributed by atoms with Crippen LogP contribution in [0.25, 0.3) is 0 Å². The maximum absolute atomic E-state index is 5.71. The molecule has 0 aromatic heterocycles. The van der Waals surface area contributed by atoms with Gasteiger partial charge in [-0.3, -0.25) is 5.32 Å². The highest BCUT2D eigenvalue weighted by molar-refractivity contribution is 5.14. The Bertz CT molecular complexity index is 208. The smallest absolute Gasteiger partial charge is 0.0546 e. The molecule has 0 bridgehead atoms. The van der Waals surface area contributed by atoms with Gasteiger partial charge in [-0.05, 0) is 12.0 Å². The van der Waals surface area contributed by atoms with Gasteiger partial charge in [-0.2, -0.15) is 0 Å². The summed E-state index contributed by atoms with van der Waals surface area (Å²) in [4.78, 5) is 0. The summed E-state index contributed by atoms with van der Waals surface area (Å²) in [5.74, 6) is 0. The number of nitrogens with one attached hydrogen (secondary N) is 1. The molecule has 66 valence electrons. The van der Waals surface area contributed by atoms with Gasteiger partial charge >= 0.3 is 0 Å². The van der Waals surface area contributed by atoms with E-state index < -0.39 is 0 Å². The molecule has 0 saturated carbocycles. The quantitative estimate of drug-likeness (QED) is 0.661. The molecule has 1 rings (SSSR count). The third-order valence-electron chi connectivity index (χ3n) is 1.85. The fourth-order valence-corrected chi connectivity index (χ4v) is 0.989. The molecule has 0 aliphatic carbocycles. The highest BCUT2D eigenvalue weighted by Crippen LogP contribution is 1.97. The molecule has 0 radical (unpaired) electrons. The Labute approximate surface area is 73.8 Å². The van der Waals surface area contributed by atoms with Crippen molar-refractivity contribution >= 4 is 0 Å². The van der Waals surface area contributed by atoms with Gasteiger partial charge in [0.1, 0.15) is 0 Å². The van der Waals surface area contributed by atoms with E-state index in [2.05, 4.69) is 24.4 Å². The van der Waals surface area contributed by atoms with Crippen LogP contribution in [0.3, 0.4) is 0 Å². The summed E-state index contributed by atoms with van der Waals surface area (Å²) in [5, 5.41) is 3.23. The van der Waals surface area contributed by atoms with E-state index in [1.54, 1.807) is 0 Å². The summed E-state index contributed by atoms with van der Waals surface area (Å²) >= 11 is 0. The first-order chi connectivity index (χ1) is 5.83. The van der Waals surface area contributed by atoms with Gasteiger partial charge < -0.3 is 5.73 Å². The Balaban J connectivity index is 2.33. The van der Waals surface area contributed by atoms with Crippen LogP contribution in [0.5, 0.6) is 0 Å². The maximum atomic E-state index is 5.71. The molecule has 1 aromatic carbocycles. The second-order valence-electron chi connectivity index (χ2n) is 2.88. The van der Waals surface area contributed by atoms with Crippen LogP contribution in [0.2, 0.25) is 0 Å². The molecule has 0 spiro atoms. The molecule has 2 nitrogen and oxygen atoms in total. The van der Waals surface area contributed by atoms with Crippen molar-refractivity contribution in [2.45, 2.75) is 26.1 Å². The molecular weight excluding hydrogens is 148 g/mol. The van der Waals surface area contributed by atoms with Gasteiger partial charge in [-0.1, -0.05) is 37.3 Å². The molecule has 0 heterocycles. The summed E-state index contributed by atoms with van der Waals surface area (Å²) in [6.45, 7) is 2.93. The molecule has 0 fully saturated rings. The third-order valence-corrected chi connectivity index (χ3v) is 1.85. The zero-order valence-corrected chi connectivity index (χ0v) is 7.46. The van der Waals surface area contributed by atoms with Crippen molar-refractivity contribution < 1.29 is 0 Å². The van der Waals surface area contributed by atoms with Gasteiger partial charge in [0.2, 0.25) is 0 Å². The molecule has 0 aliphatic heterocycles. The number of hydrogen-bond donors (Lipinski definition) is 2. The van der Waals surface area contributed by atoms with Crippen LogP contribution in [0.15, 0.2) is 30.3 Å². The van der Waals surface area contributed by atoms with Gasteiger partial charge in [0.05, 0.1) is 6.17 Å². The van der Waals surface area contributed by atoms with Gasteiger partial charge in [0, 0.05) is 6.54 Å². The van der Waals surface area contributed by atoms with E-state index in [-0.39, 0.29) is 6.17 Å². The largest absolute Gasteiger partial charge is 0.316 e. The summed E-state index contributed by atoms with van der Waals surface area (Å²) in [6, 6.07) is 10.3. The molecule has 2 heteroatoms. The molecule has 0 aliphatic rings. The van der Waals surface area contributed by atoms with Gasteiger partial charge in [-0.25, -0.2) is 0 Å². The van der Waals surface area contributed by atoms with Crippen LogP contribution >= 0.6 is 0 Å². The predicted molar refractivity (Wildman–Crippen MR) is 51.5 cm³/mol. The van der Waals surface area contributed by atoms with Crippen LogP contribution in [0.4, 0.5) is 0 Å². The monoisotopic (exact) mass is 164 g/mol. The first-order valence-electron chi connectivity index (χ1n) is 4.36. The van der Waals surface area contributed by atoms with Crippen LogP contribution in [0.1, 0.15) is 18.9 Å². The summed E-state index contributed by atoms with van der Waals surface area (Å²) in [6.07, 6.45) is 1.08. The topological polar surface area (TPSA) is 38.0 Å². The lowest BCUT2D eigenvalue weighted by Gasteiger charge is -2.10. The van der Waals surface area contributed by atoms with Crippen molar-refractivity contribution in [2.24, 2.45) is 5.73 Å². The second kappa shape index (κ2) is 4.91. The summed E-state index contributed by atoms with van der Waals surface area (Å²) in [5.41, 5.74) is 6.99. The lowest BCUT2D eigenvalue weighted by atomic mass is 10.2. The Morgan fingerprint density at radius 3 is 2.58 bits per heavy atom. The van der Waals surface area contributed by atoms with Gasteiger partial charge in [0.25, 0.3) is 0 Å². The SMILES string of the molecule is CCC(N)NCc1ccccc1. The number of nitrogens with two attached hydrogens (primary N) is 1. The third kappa shape index (κ3) is 3.03. The van der Waals surface area contributed by atoms with Crippen LogP contribution < -0.4 is 11.1 Å². The minimum atomic E-state index is 0.116. The summed E-state index contributed by atoms with van der Waals surface area (Å²) < 4.78 is 0. The Morgan fingerprint density at radius 1 is 1.33 bits per heavy atom. The fourth-order valence-electron chi connectivity index (χ4n) is 0.989. The number of hydrogen-bond acceptors (Lipinski definition) is 2. The molecule has 1 atom stereocenters. The standard InChI is InChI=1S/C10H16N2/c1-2-10(11)12-8-9-6-4-3-5-7-9/h3-7,10,12H,2,8,11H2,1H3. The fraction of sp³-hybridized carbons (Fsp3) is 0.400. The average Bonchev–Trinajstić information content (AvgIpc) is 2.16. The first-order valence-corrected chi connectivity index (χ1v) is 4.36. The number of benzene rings is 1. The average molecular weight is 164 g/mol. The normalized spacial score (nSPS) is 12.8. The van der Waals surface area contributed by atoms with Crippen molar-refractivity contribution in [3.63, 3.8) is 0 Å². The molecule has 0 amide bonds.